The summed E-state index contributed by atoms with van der Waals surface area (Å²) in [6, 6.07) is 9.17. The number of amides is 2. The molecule has 0 spiro atoms. The molecule has 0 unspecified atom stereocenters. The van der Waals surface area contributed by atoms with E-state index in [1.807, 2.05) is 30.3 Å². The van der Waals surface area contributed by atoms with E-state index in [0.29, 0.717) is 24.7 Å². The molecule has 7 nitrogen and oxygen atoms in total. The molecule has 1 aliphatic carbocycles. The van der Waals surface area contributed by atoms with Gasteiger partial charge >= 0.3 is 0 Å². The maximum Gasteiger partial charge on any atom is 0.274 e. The van der Waals surface area contributed by atoms with E-state index in [9.17, 15) is 9.59 Å². The van der Waals surface area contributed by atoms with Crippen molar-refractivity contribution in [3.63, 3.8) is 0 Å². The molecule has 4 rings (SSSR count). The Hall–Kier alpha value is -2.83. The van der Waals surface area contributed by atoms with Crippen LogP contribution in [0.2, 0.25) is 0 Å². The summed E-state index contributed by atoms with van der Waals surface area (Å²) >= 11 is 0. The van der Waals surface area contributed by atoms with Crippen LogP contribution in [0, 0.1) is 0 Å². The SMILES string of the molecule is COc1ccc(N2CCN(C(=O)c3cc(C4CC4)[nH]n3)CC2=O)cc1. The fourth-order valence-electron chi connectivity index (χ4n) is 3.09. The fourth-order valence-corrected chi connectivity index (χ4v) is 3.09. The van der Waals surface area contributed by atoms with Crippen LogP contribution in [0.5, 0.6) is 5.75 Å². The number of hydrogen-bond donors (Lipinski definition) is 1. The van der Waals surface area contributed by atoms with Gasteiger partial charge in [0.15, 0.2) is 0 Å². The fraction of sp³-hybridized carbons (Fsp3) is 0.389. The van der Waals surface area contributed by atoms with Gasteiger partial charge in [0.05, 0.1) is 7.11 Å². The standard InChI is InChI=1S/C18H20N4O3/c1-25-14-6-4-13(5-7-14)22-9-8-21(11-17(22)23)18(24)16-10-15(19-20-16)12-2-3-12/h4-7,10,12H,2-3,8-9,11H2,1H3,(H,19,20). The number of anilines is 1. The van der Waals surface area contributed by atoms with Gasteiger partial charge in [-0.2, -0.15) is 5.10 Å². The predicted molar refractivity (Wildman–Crippen MR) is 91.8 cm³/mol. The zero-order valence-electron chi connectivity index (χ0n) is 14.1. The smallest absolute Gasteiger partial charge is 0.274 e. The normalized spacial score (nSPS) is 17.7. The van der Waals surface area contributed by atoms with Crippen molar-refractivity contribution in [2.24, 2.45) is 0 Å². The topological polar surface area (TPSA) is 78.5 Å². The summed E-state index contributed by atoms with van der Waals surface area (Å²) in [6.45, 7) is 1.02. The molecule has 0 radical (unpaired) electrons. The van der Waals surface area contributed by atoms with Gasteiger partial charge in [-0.1, -0.05) is 0 Å². The zero-order valence-corrected chi connectivity index (χ0v) is 14.1. The van der Waals surface area contributed by atoms with E-state index in [-0.39, 0.29) is 18.4 Å². The highest BCUT2D eigenvalue weighted by Gasteiger charge is 2.31. The molecule has 1 N–H and O–H groups in total. The Morgan fingerprint density at radius 2 is 2.00 bits per heavy atom. The van der Waals surface area contributed by atoms with Crippen LogP contribution in [-0.2, 0) is 4.79 Å². The minimum absolute atomic E-state index is 0.0660. The summed E-state index contributed by atoms with van der Waals surface area (Å²) in [5.74, 6) is 0.978. The number of piperazine rings is 1. The summed E-state index contributed by atoms with van der Waals surface area (Å²) in [5.41, 5.74) is 2.23. The van der Waals surface area contributed by atoms with E-state index in [1.54, 1.807) is 16.9 Å². The molecule has 1 saturated carbocycles. The van der Waals surface area contributed by atoms with E-state index in [1.165, 1.54) is 0 Å². The Kier molecular flexibility index (Phi) is 3.91. The summed E-state index contributed by atoms with van der Waals surface area (Å²) < 4.78 is 5.14. The number of aromatic amines is 1. The molecule has 2 aliphatic rings. The van der Waals surface area contributed by atoms with Crippen LogP contribution >= 0.6 is 0 Å². The van der Waals surface area contributed by atoms with Crippen LogP contribution in [0.1, 0.15) is 34.9 Å². The first-order valence-corrected chi connectivity index (χ1v) is 8.44. The Labute approximate surface area is 145 Å². The average Bonchev–Trinajstić information content (AvgIpc) is 3.38. The van der Waals surface area contributed by atoms with Gasteiger partial charge in [0.2, 0.25) is 5.91 Å². The molecule has 1 aromatic carbocycles. The van der Waals surface area contributed by atoms with Crippen LogP contribution in [0.15, 0.2) is 30.3 Å². The molecule has 0 bridgehead atoms. The van der Waals surface area contributed by atoms with Gasteiger partial charge in [-0.05, 0) is 43.2 Å². The Bertz CT molecular complexity index is 795. The molecule has 0 atom stereocenters. The number of aromatic nitrogens is 2. The molecular weight excluding hydrogens is 320 g/mol. The summed E-state index contributed by atoms with van der Waals surface area (Å²) in [6.07, 6.45) is 2.30. The van der Waals surface area contributed by atoms with Crippen molar-refractivity contribution in [2.75, 3.05) is 31.6 Å². The number of nitrogens with zero attached hydrogens (tertiary/aromatic N) is 3. The molecule has 130 valence electrons. The third kappa shape index (κ3) is 3.09. The third-order valence-electron chi connectivity index (χ3n) is 4.73. The first-order valence-electron chi connectivity index (χ1n) is 8.44. The van der Waals surface area contributed by atoms with Gasteiger partial charge in [-0.3, -0.25) is 14.7 Å². The van der Waals surface area contributed by atoms with Gasteiger partial charge in [0.1, 0.15) is 18.0 Å². The lowest BCUT2D eigenvalue weighted by Crippen LogP contribution is -2.52. The first kappa shape index (κ1) is 15.7. The van der Waals surface area contributed by atoms with Crippen molar-refractivity contribution in [2.45, 2.75) is 18.8 Å². The highest BCUT2D eigenvalue weighted by Crippen LogP contribution is 2.39. The second-order valence-electron chi connectivity index (χ2n) is 6.45. The van der Waals surface area contributed by atoms with Crippen molar-refractivity contribution in [1.82, 2.24) is 15.1 Å². The van der Waals surface area contributed by atoms with Crippen LogP contribution in [0.3, 0.4) is 0 Å². The minimum Gasteiger partial charge on any atom is -0.497 e. The summed E-state index contributed by atoms with van der Waals surface area (Å²) in [4.78, 5) is 28.3. The Morgan fingerprint density at radius 3 is 2.64 bits per heavy atom. The van der Waals surface area contributed by atoms with Gasteiger partial charge < -0.3 is 14.5 Å². The zero-order chi connectivity index (χ0) is 17.4. The monoisotopic (exact) mass is 340 g/mol. The van der Waals surface area contributed by atoms with Crippen LogP contribution < -0.4 is 9.64 Å². The Morgan fingerprint density at radius 1 is 1.24 bits per heavy atom. The highest BCUT2D eigenvalue weighted by atomic mass is 16.5. The van der Waals surface area contributed by atoms with Gasteiger partial charge in [0.25, 0.3) is 5.91 Å². The number of nitrogens with one attached hydrogen (secondary N) is 1. The number of carbonyl (C=O) groups excluding carboxylic acids is 2. The van der Waals surface area contributed by atoms with Crippen molar-refractivity contribution < 1.29 is 14.3 Å². The summed E-state index contributed by atoms with van der Waals surface area (Å²) in [5, 5.41) is 7.06. The van der Waals surface area contributed by atoms with Crippen molar-refractivity contribution in [1.29, 1.82) is 0 Å². The largest absolute Gasteiger partial charge is 0.497 e. The molecule has 2 heterocycles. The van der Waals surface area contributed by atoms with Crippen molar-refractivity contribution in [3.05, 3.63) is 41.7 Å². The third-order valence-corrected chi connectivity index (χ3v) is 4.73. The quantitative estimate of drug-likeness (QED) is 0.920. The number of benzene rings is 1. The number of hydrogen-bond acceptors (Lipinski definition) is 4. The average molecular weight is 340 g/mol. The van der Waals surface area contributed by atoms with Crippen LogP contribution in [-0.4, -0.2) is 53.7 Å². The highest BCUT2D eigenvalue weighted by molar-refractivity contribution is 6.01. The van der Waals surface area contributed by atoms with Crippen molar-refractivity contribution in [3.8, 4) is 5.75 Å². The van der Waals surface area contributed by atoms with Crippen LogP contribution in [0.25, 0.3) is 0 Å². The number of carbonyl (C=O) groups is 2. The van der Waals surface area contributed by atoms with E-state index in [0.717, 1.165) is 30.0 Å². The van der Waals surface area contributed by atoms with Gasteiger partial charge in [-0.15, -0.1) is 0 Å². The first-order chi connectivity index (χ1) is 12.2. The molecule has 1 saturated heterocycles. The molecule has 2 amide bonds. The number of ether oxygens (including phenoxy) is 1. The maximum absolute atomic E-state index is 12.6. The molecule has 2 fully saturated rings. The number of H-pyrrole nitrogens is 1. The minimum atomic E-state index is -0.189. The summed E-state index contributed by atoms with van der Waals surface area (Å²) in [7, 11) is 1.61. The molecule has 1 aliphatic heterocycles. The van der Waals surface area contributed by atoms with Gasteiger partial charge in [-0.25, -0.2) is 0 Å². The van der Waals surface area contributed by atoms with E-state index < -0.39 is 0 Å². The second-order valence-corrected chi connectivity index (χ2v) is 6.45. The van der Waals surface area contributed by atoms with Crippen LogP contribution in [0.4, 0.5) is 5.69 Å². The van der Waals surface area contributed by atoms with E-state index in [2.05, 4.69) is 10.2 Å². The molecule has 1 aromatic heterocycles. The lowest BCUT2D eigenvalue weighted by Gasteiger charge is -2.34. The Balaban J connectivity index is 1.42. The second kappa shape index (κ2) is 6.23. The van der Waals surface area contributed by atoms with E-state index >= 15 is 0 Å². The molecule has 7 heteroatoms. The van der Waals surface area contributed by atoms with Crippen molar-refractivity contribution >= 4 is 17.5 Å². The molecule has 2 aromatic rings. The van der Waals surface area contributed by atoms with E-state index in [4.69, 9.17) is 4.74 Å². The maximum atomic E-state index is 12.6. The lowest BCUT2D eigenvalue weighted by molar-refractivity contribution is -0.120. The molecular formula is C18H20N4O3. The van der Waals surface area contributed by atoms with Gasteiger partial charge in [0, 0.05) is 30.4 Å². The predicted octanol–water partition coefficient (Wildman–Crippen LogP) is 1.78. The number of rotatable bonds is 4. The number of methoxy groups -OCH3 is 1. The molecule has 25 heavy (non-hydrogen) atoms. The lowest BCUT2D eigenvalue weighted by atomic mass is 10.2.